The first-order valence-corrected chi connectivity index (χ1v) is 10.7. The maximum atomic E-state index is 12.8. The molecule has 7 nitrogen and oxygen atoms in total. The lowest BCUT2D eigenvalue weighted by atomic mass is 10.2. The maximum Gasteiger partial charge on any atom is 0.322 e. The van der Waals surface area contributed by atoms with Gasteiger partial charge in [-0.1, -0.05) is 40.6 Å². The number of aryl methyl sites for hydroxylation is 1. The quantitative estimate of drug-likeness (QED) is 0.588. The van der Waals surface area contributed by atoms with Gasteiger partial charge in [-0.15, -0.1) is 10.2 Å². The van der Waals surface area contributed by atoms with E-state index in [2.05, 4.69) is 20.8 Å². The van der Waals surface area contributed by atoms with Gasteiger partial charge in [0.2, 0.25) is 5.01 Å². The second-order valence-corrected chi connectivity index (χ2v) is 8.50. The van der Waals surface area contributed by atoms with E-state index >= 15 is 0 Å². The first-order valence-electron chi connectivity index (χ1n) is 9.54. The van der Waals surface area contributed by atoms with Crippen LogP contribution in [0.4, 0.5) is 16.2 Å². The molecule has 0 spiro atoms. The van der Waals surface area contributed by atoms with Crippen molar-refractivity contribution in [3.63, 3.8) is 0 Å². The Morgan fingerprint density at radius 3 is 2.43 bits per heavy atom. The second kappa shape index (κ2) is 8.81. The predicted octanol–water partition coefficient (Wildman–Crippen LogP) is 5.12. The summed E-state index contributed by atoms with van der Waals surface area (Å²) < 4.78 is 0. The highest BCUT2D eigenvalue weighted by Gasteiger charge is 2.33. The number of urea groups is 1. The SMILES string of the molecule is Cc1ccc(NC(=O)N2CCCC2c2nnc(C(=O)Nc3ccc(Cl)cc3)s2)cc1. The molecule has 2 aromatic carbocycles. The fourth-order valence-corrected chi connectivity index (χ4v) is 4.29. The zero-order valence-electron chi connectivity index (χ0n) is 16.3. The van der Waals surface area contributed by atoms with E-state index in [9.17, 15) is 9.59 Å². The fourth-order valence-electron chi connectivity index (χ4n) is 3.28. The molecule has 3 aromatic rings. The Hall–Kier alpha value is -2.97. The molecule has 1 saturated heterocycles. The van der Waals surface area contributed by atoms with E-state index in [0.29, 0.717) is 22.3 Å². The highest BCUT2D eigenvalue weighted by molar-refractivity contribution is 7.13. The summed E-state index contributed by atoms with van der Waals surface area (Å²) in [4.78, 5) is 27.0. The monoisotopic (exact) mass is 441 g/mol. The molecule has 0 saturated carbocycles. The van der Waals surface area contributed by atoms with Crippen LogP contribution in [0.3, 0.4) is 0 Å². The minimum Gasteiger partial charge on any atom is -0.320 e. The van der Waals surface area contributed by atoms with E-state index in [-0.39, 0.29) is 23.0 Å². The number of hydrogen-bond acceptors (Lipinski definition) is 5. The zero-order valence-corrected chi connectivity index (χ0v) is 17.8. The van der Waals surface area contributed by atoms with Crippen LogP contribution in [-0.2, 0) is 0 Å². The van der Waals surface area contributed by atoms with Crippen molar-refractivity contribution in [2.75, 3.05) is 17.2 Å². The lowest BCUT2D eigenvalue weighted by molar-refractivity contribution is 0.102. The van der Waals surface area contributed by atoms with Gasteiger partial charge in [-0.2, -0.15) is 0 Å². The highest BCUT2D eigenvalue weighted by atomic mass is 35.5. The Balaban J connectivity index is 1.43. The van der Waals surface area contributed by atoms with Gasteiger partial charge in [-0.05, 0) is 56.2 Å². The van der Waals surface area contributed by atoms with Crippen LogP contribution in [0.2, 0.25) is 5.02 Å². The standard InChI is InChI=1S/C21H20ClN5O2S/c1-13-4-8-16(9-5-13)24-21(29)27-12-2-3-17(27)19-25-26-20(30-19)18(28)23-15-10-6-14(22)7-11-15/h4-11,17H,2-3,12H2,1H3,(H,23,28)(H,24,29). The van der Waals surface area contributed by atoms with Gasteiger partial charge in [0.25, 0.3) is 5.91 Å². The molecule has 1 unspecified atom stereocenters. The van der Waals surface area contributed by atoms with Crippen molar-refractivity contribution in [3.8, 4) is 0 Å². The Labute approximate surface area is 183 Å². The molecule has 0 bridgehead atoms. The largest absolute Gasteiger partial charge is 0.322 e. The number of likely N-dealkylation sites (tertiary alicyclic amines) is 1. The number of hydrogen-bond donors (Lipinski definition) is 2. The molecule has 3 amide bonds. The van der Waals surface area contributed by atoms with Gasteiger partial charge in [-0.3, -0.25) is 4.79 Å². The normalized spacial score (nSPS) is 15.8. The summed E-state index contributed by atoms with van der Waals surface area (Å²) >= 11 is 7.08. The van der Waals surface area contributed by atoms with Crippen molar-refractivity contribution in [2.24, 2.45) is 0 Å². The van der Waals surface area contributed by atoms with Gasteiger partial charge >= 0.3 is 6.03 Å². The summed E-state index contributed by atoms with van der Waals surface area (Å²) in [6.45, 7) is 2.63. The highest BCUT2D eigenvalue weighted by Crippen LogP contribution is 2.34. The molecule has 1 fully saturated rings. The van der Waals surface area contributed by atoms with Crippen LogP contribution >= 0.6 is 22.9 Å². The molecular formula is C21H20ClN5O2S. The summed E-state index contributed by atoms with van der Waals surface area (Å²) in [5.74, 6) is -0.338. The fraction of sp³-hybridized carbons (Fsp3) is 0.238. The molecule has 0 aliphatic carbocycles. The summed E-state index contributed by atoms with van der Waals surface area (Å²) in [7, 11) is 0. The third-order valence-electron chi connectivity index (χ3n) is 4.84. The molecule has 1 atom stereocenters. The van der Waals surface area contributed by atoms with Crippen molar-refractivity contribution >= 4 is 46.3 Å². The Kier molecular flexibility index (Phi) is 5.96. The van der Waals surface area contributed by atoms with Crippen molar-refractivity contribution in [1.29, 1.82) is 0 Å². The molecule has 154 valence electrons. The number of halogens is 1. The Bertz CT molecular complexity index is 1050. The van der Waals surface area contributed by atoms with Crippen LogP contribution in [0.5, 0.6) is 0 Å². The summed E-state index contributed by atoms with van der Waals surface area (Å²) in [6, 6.07) is 14.1. The number of aromatic nitrogens is 2. The van der Waals surface area contributed by atoms with Crippen LogP contribution in [0.25, 0.3) is 0 Å². The number of nitrogens with zero attached hydrogens (tertiary/aromatic N) is 3. The molecular weight excluding hydrogens is 422 g/mol. The molecule has 1 aliphatic rings. The van der Waals surface area contributed by atoms with E-state index in [1.54, 1.807) is 29.2 Å². The summed E-state index contributed by atoms with van der Waals surface area (Å²) in [5.41, 5.74) is 2.50. The number of carbonyl (C=O) groups is 2. The average Bonchev–Trinajstić information content (AvgIpc) is 3.40. The molecule has 1 aromatic heterocycles. The maximum absolute atomic E-state index is 12.8. The molecule has 1 aliphatic heterocycles. The predicted molar refractivity (Wildman–Crippen MR) is 118 cm³/mol. The Morgan fingerprint density at radius 2 is 1.70 bits per heavy atom. The van der Waals surface area contributed by atoms with Crippen LogP contribution < -0.4 is 10.6 Å². The number of anilines is 2. The van der Waals surface area contributed by atoms with Gasteiger partial charge in [0, 0.05) is 22.9 Å². The third-order valence-corrected chi connectivity index (χ3v) is 6.11. The number of rotatable bonds is 4. The van der Waals surface area contributed by atoms with Gasteiger partial charge < -0.3 is 15.5 Å². The second-order valence-electron chi connectivity index (χ2n) is 7.05. The van der Waals surface area contributed by atoms with E-state index in [1.807, 2.05) is 31.2 Å². The molecule has 2 N–H and O–H groups in total. The van der Waals surface area contributed by atoms with Crippen molar-refractivity contribution in [3.05, 3.63) is 69.1 Å². The molecule has 30 heavy (non-hydrogen) atoms. The van der Waals surface area contributed by atoms with Crippen molar-refractivity contribution < 1.29 is 9.59 Å². The van der Waals surface area contributed by atoms with Gasteiger partial charge in [-0.25, -0.2) is 4.79 Å². The van der Waals surface area contributed by atoms with E-state index in [4.69, 9.17) is 11.6 Å². The Morgan fingerprint density at radius 1 is 1.03 bits per heavy atom. The topological polar surface area (TPSA) is 87.2 Å². The molecule has 9 heteroatoms. The number of carbonyl (C=O) groups excluding carboxylic acids is 2. The van der Waals surface area contributed by atoms with Crippen molar-refractivity contribution in [1.82, 2.24) is 15.1 Å². The average molecular weight is 442 g/mol. The number of benzene rings is 2. The minimum absolute atomic E-state index is 0.177. The van der Waals surface area contributed by atoms with Gasteiger partial charge in [0.05, 0.1) is 6.04 Å². The van der Waals surface area contributed by atoms with Gasteiger partial charge in [0.1, 0.15) is 5.01 Å². The minimum atomic E-state index is -0.338. The van der Waals surface area contributed by atoms with Crippen LogP contribution in [0.1, 0.15) is 39.3 Å². The smallest absolute Gasteiger partial charge is 0.320 e. The summed E-state index contributed by atoms with van der Waals surface area (Å²) in [6.07, 6.45) is 1.66. The first kappa shape index (κ1) is 20.3. The van der Waals surface area contributed by atoms with Crippen LogP contribution in [0, 0.1) is 6.92 Å². The molecule has 0 radical (unpaired) electrons. The number of nitrogens with one attached hydrogen (secondary N) is 2. The van der Waals surface area contributed by atoms with Gasteiger partial charge in [0.15, 0.2) is 0 Å². The van der Waals surface area contributed by atoms with Crippen LogP contribution in [0.15, 0.2) is 48.5 Å². The zero-order chi connectivity index (χ0) is 21.1. The molecule has 2 heterocycles. The summed E-state index contributed by atoms with van der Waals surface area (Å²) in [5, 5.41) is 15.4. The van der Waals surface area contributed by atoms with Crippen LogP contribution in [-0.4, -0.2) is 33.6 Å². The lowest BCUT2D eigenvalue weighted by Gasteiger charge is -2.23. The first-order chi connectivity index (χ1) is 14.5. The lowest BCUT2D eigenvalue weighted by Crippen LogP contribution is -2.34. The third kappa shape index (κ3) is 4.60. The number of amides is 3. The van der Waals surface area contributed by atoms with Crippen molar-refractivity contribution in [2.45, 2.75) is 25.8 Å². The van der Waals surface area contributed by atoms with E-state index in [0.717, 1.165) is 24.1 Å². The van der Waals surface area contributed by atoms with E-state index < -0.39 is 0 Å². The van der Waals surface area contributed by atoms with E-state index in [1.165, 1.54) is 11.3 Å². The molecule has 4 rings (SSSR count).